The van der Waals surface area contributed by atoms with Crippen LogP contribution in [0.4, 0.5) is 10.9 Å². The van der Waals surface area contributed by atoms with Gasteiger partial charge in [-0.1, -0.05) is 24.2 Å². The molecule has 0 unspecified atom stereocenters. The molecule has 0 saturated heterocycles. The van der Waals surface area contributed by atoms with Gasteiger partial charge >= 0.3 is 0 Å². The molecule has 1 aromatic rings. The number of rotatable bonds is 5. The lowest BCUT2D eigenvalue weighted by atomic mass is 10.3. The van der Waals surface area contributed by atoms with E-state index in [4.69, 9.17) is 12.2 Å². The third-order valence-corrected chi connectivity index (χ3v) is 3.51. The molecular weight excluding hydrogens is 248 g/mol. The highest BCUT2D eigenvalue weighted by atomic mass is 32.1. The first-order valence-corrected chi connectivity index (χ1v) is 6.49. The van der Waals surface area contributed by atoms with Gasteiger partial charge in [-0.3, -0.25) is 4.79 Å². The molecule has 0 atom stereocenters. The number of hydrogen-bond acceptors (Lipinski definition) is 5. The lowest BCUT2D eigenvalue weighted by Crippen LogP contribution is -2.32. The first kappa shape index (κ1) is 14.3. The molecule has 0 aromatic carbocycles. The first-order chi connectivity index (χ1) is 8.51. The van der Waals surface area contributed by atoms with Gasteiger partial charge in [0.25, 0.3) is 5.91 Å². The van der Waals surface area contributed by atoms with Crippen molar-refractivity contribution in [2.45, 2.75) is 13.3 Å². The number of anilines is 2. The summed E-state index contributed by atoms with van der Waals surface area (Å²) in [5.74, 6) is 2.62. The van der Waals surface area contributed by atoms with Crippen molar-refractivity contribution in [1.29, 1.82) is 0 Å². The number of nitrogens with zero attached hydrogens (tertiary/aromatic N) is 3. The molecule has 98 valence electrons. The van der Waals surface area contributed by atoms with E-state index in [-0.39, 0.29) is 11.7 Å². The van der Waals surface area contributed by atoms with Crippen molar-refractivity contribution in [3.8, 4) is 12.3 Å². The summed E-state index contributed by atoms with van der Waals surface area (Å²) in [6, 6.07) is 0. The van der Waals surface area contributed by atoms with Gasteiger partial charge in [-0.15, -0.1) is 6.42 Å². The Bertz CT molecular complexity index is 461. The van der Waals surface area contributed by atoms with E-state index in [1.165, 1.54) is 11.3 Å². The minimum absolute atomic E-state index is 0.141. The van der Waals surface area contributed by atoms with E-state index in [0.29, 0.717) is 23.1 Å². The van der Waals surface area contributed by atoms with Gasteiger partial charge in [0.2, 0.25) is 0 Å². The number of nitrogen functional groups attached to an aromatic ring is 1. The highest BCUT2D eigenvalue weighted by Gasteiger charge is 2.21. The van der Waals surface area contributed by atoms with Crippen LogP contribution in [0.2, 0.25) is 0 Å². The van der Waals surface area contributed by atoms with E-state index in [0.717, 1.165) is 6.42 Å². The second kappa shape index (κ2) is 6.26. The Labute approximate surface area is 112 Å². The molecule has 1 amide bonds. The second-order valence-electron chi connectivity index (χ2n) is 4.04. The molecule has 5 nitrogen and oxygen atoms in total. The van der Waals surface area contributed by atoms with Crippen molar-refractivity contribution in [3.63, 3.8) is 0 Å². The van der Waals surface area contributed by atoms with Crippen molar-refractivity contribution < 1.29 is 4.79 Å². The van der Waals surface area contributed by atoms with E-state index < -0.39 is 0 Å². The molecule has 0 aliphatic heterocycles. The van der Waals surface area contributed by atoms with Gasteiger partial charge in [-0.25, -0.2) is 4.98 Å². The molecule has 0 saturated carbocycles. The monoisotopic (exact) mass is 266 g/mol. The van der Waals surface area contributed by atoms with E-state index in [1.807, 2.05) is 25.9 Å². The van der Waals surface area contributed by atoms with Gasteiger partial charge in [0, 0.05) is 20.6 Å². The van der Waals surface area contributed by atoms with Crippen LogP contribution in [0, 0.1) is 12.3 Å². The fraction of sp³-hybridized carbons (Fsp3) is 0.500. The van der Waals surface area contributed by atoms with Crippen LogP contribution in [0.1, 0.15) is 23.0 Å². The van der Waals surface area contributed by atoms with Gasteiger partial charge in [0.15, 0.2) is 5.13 Å². The van der Waals surface area contributed by atoms with E-state index in [2.05, 4.69) is 10.9 Å². The lowest BCUT2D eigenvalue weighted by molar-refractivity contribution is 0.0782. The predicted octanol–water partition coefficient (Wildman–Crippen LogP) is 1.28. The van der Waals surface area contributed by atoms with Gasteiger partial charge in [-0.05, 0) is 6.42 Å². The minimum Gasteiger partial charge on any atom is -0.382 e. The van der Waals surface area contributed by atoms with Crippen molar-refractivity contribution in [1.82, 2.24) is 9.88 Å². The predicted molar refractivity (Wildman–Crippen MR) is 75.9 cm³/mol. The van der Waals surface area contributed by atoms with Gasteiger partial charge < -0.3 is 15.5 Å². The topological polar surface area (TPSA) is 62.5 Å². The molecule has 0 radical (unpaired) electrons. The number of carbonyl (C=O) groups is 1. The maximum absolute atomic E-state index is 12.3. The van der Waals surface area contributed by atoms with E-state index >= 15 is 0 Å². The molecule has 0 aliphatic carbocycles. The van der Waals surface area contributed by atoms with Crippen LogP contribution in [0.15, 0.2) is 0 Å². The molecule has 1 aromatic heterocycles. The molecule has 0 bridgehead atoms. The number of aromatic nitrogens is 1. The van der Waals surface area contributed by atoms with Crippen molar-refractivity contribution in [2.24, 2.45) is 0 Å². The molecular formula is C12H18N4OS. The number of amides is 1. The second-order valence-corrected chi connectivity index (χ2v) is 5.01. The number of hydrogen-bond donors (Lipinski definition) is 1. The fourth-order valence-electron chi connectivity index (χ4n) is 1.44. The number of terminal acetylenes is 1. The number of thiazole rings is 1. The summed E-state index contributed by atoms with van der Waals surface area (Å²) in [6.45, 7) is 2.91. The van der Waals surface area contributed by atoms with Crippen LogP contribution in [-0.2, 0) is 0 Å². The zero-order valence-electron chi connectivity index (χ0n) is 10.9. The SMILES string of the molecule is C#CCN(CCC)C(=O)c1sc(N(C)C)nc1N. The molecule has 0 fully saturated rings. The smallest absolute Gasteiger partial charge is 0.268 e. The fourth-order valence-corrected chi connectivity index (χ4v) is 2.32. The molecule has 0 spiro atoms. The third-order valence-electron chi connectivity index (χ3n) is 2.28. The largest absolute Gasteiger partial charge is 0.382 e. The Balaban J connectivity index is 2.97. The zero-order valence-corrected chi connectivity index (χ0v) is 11.8. The molecule has 0 aliphatic rings. The van der Waals surface area contributed by atoms with E-state index in [1.54, 1.807) is 4.90 Å². The van der Waals surface area contributed by atoms with Gasteiger partial charge in [0.05, 0.1) is 6.54 Å². The highest BCUT2D eigenvalue weighted by molar-refractivity contribution is 7.18. The first-order valence-electron chi connectivity index (χ1n) is 5.67. The average molecular weight is 266 g/mol. The Morgan fingerprint density at radius 1 is 1.56 bits per heavy atom. The minimum atomic E-state index is -0.141. The standard InChI is InChI=1S/C12H18N4OS/c1-5-7-16(8-6-2)11(17)9-10(13)14-12(18-9)15(3)4/h1H,6-8,13H2,2-4H3. The summed E-state index contributed by atoms with van der Waals surface area (Å²) >= 11 is 1.29. The number of nitrogens with two attached hydrogens (primary N) is 1. The molecule has 2 N–H and O–H groups in total. The summed E-state index contributed by atoms with van der Waals surface area (Å²) in [4.78, 5) is 20.3. The Hall–Kier alpha value is -1.74. The normalized spacial score (nSPS) is 9.89. The quantitative estimate of drug-likeness (QED) is 0.815. The summed E-state index contributed by atoms with van der Waals surface area (Å²) < 4.78 is 0. The summed E-state index contributed by atoms with van der Waals surface area (Å²) in [5, 5.41) is 0.716. The van der Waals surface area contributed by atoms with Crippen LogP contribution in [0.5, 0.6) is 0 Å². The molecule has 1 rings (SSSR count). The van der Waals surface area contributed by atoms with Crippen LogP contribution in [0.25, 0.3) is 0 Å². The summed E-state index contributed by atoms with van der Waals surface area (Å²) in [7, 11) is 3.72. The van der Waals surface area contributed by atoms with Gasteiger partial charge in [-0.2, -0.15) is 0 Å². The van der Waals surface area contributed by atoms with E-state index in [9.17, 15) is 4.79 Å². The van der Waals surface area contributed by atoms with Crippen LogP contribution < -0.4 is 10.6 Å². The summed E-state index contributed by atoms with van der Waals surface area (Å²) in [6.07, 6.45) is 6.13. The lowest BCUT2D eigenvalue weighted by Gasteiger charge is -2.18. The molecule has 6 heteroatoms. The molecule has 18 heavy (non-hydrogen) atoms. The van der Waals surface area contributed by atoms with Crippen molar-refractivity contribution in [3.05, 3.63) is 4.88 Å². The Kier molecular flexibility index (Phi) is 4.98. The van der Waals surface area contributed by atoms with Crippen LogP contribution in [0.3, 0.4) is 0 Å². The highest BCUT2D eigenvalue weighted by Crippen LogP contribution is 2.27. The number of carbonyl (C=O) groups excluding carboxylic acids is 1. The third kappa shape index (κ3) is 3.14. The van der Waals surface area contributed by atoms with Crippen LogP contribution >= 0.6 is 11.3 Å². The Morgan fingerprint density at radius 3 is 2.67 bits per heavy atom. The average Bonchev–Trinajstić information content (AvgIpc) is 2.70. The molecule has 1 heterocycles. The van der Waals surface area contributed by atoms with Crippen LogP contribution in [-0.4, -0.2) is 43.0 Å². The van der Waals surface area contributed by atoms with Crippen molar-refractivity contribution in [2.75, 3.05) is 37.8 Å². The van der Waals surface area contributed by atoms with Crippen molar-refractivity contribution >= 4 is 28.2 Å². The van der Waals surface area contributed by atoms with Gasteiger partial charge in [0.1, 0.15) is 10.7 Å². The maximum Gasteiger partial charge on any atom is 0.268 e. The maximum atomic E-state index is 12.3. The summed E-state index contributed by atoms with van der Waals surface area (Å²) in [5.41, 5.74) is 5.78. The Morgan fingerprint density at radius 2 is 2.22 bits per heavy atom. The zero-order chi connectivity index (χ0) is 13.7.